The van der Waals surface area contributed by atoms with E-state index in [-0.39, 0.29) is 5.75 Å². The van der Waals surface area contributed by atoms with Crippen LogP contribution in [0.15, 0.2) is 36.9 Å². The lowest BCUT2D eigenvalue weighted by Gasteiger charge is -2.07. The molecule has 1 atom stereocenters. The maximum atomic E-state index is 9.46. The molecule has 12 heavy (non-hydrogen) atoms. The highest BCUT2D eigenvalue weighted by molar-refractivity contribution is 5.28. The zero-order chi connectivity index (χ0) is 8.97. The van der Waals surface area contributed by atoms with Gasteiger partial charge in [-0.2, -0.15) is 0 Å². The molecule has 0 radical (unpaired) electrons. The lowest BCUT2D eigenvalue weighted by atomic mass is 10.1. The fraction of sp³-hybridized carbons (Fsp3) is 0.200. The number of aliphatic hydroxyl groups excluding tert-OH is 1. The Kier molecular flexibility index (Phi) is 2.88. The van der Waals surface area contributed by atoms with Gasteiger partial charge in [-0.25, -0.2) is 0 Å². The number of benzene rings is 1. The summed E-state index contributed by atoms with van der Waals surface area (Å²) in [6.07, 6.45) is 1.59. The molecule has 1 rings (SSSR count). The second-order valence-corrected chi connectivity index (χ2v) is 2.64. The van der Waals surface area contributed by atoms with Crippen molar-refractivity contribution in [2.24, 2.45) is 0 Å². The monoisotopic (exact) mass is 164 g/mol. The predicted octanol–water partition coefficient (Wildman–Crippen LogP) is 2.00. The van der Waals surface area contributed by atoms with Gasteiger partial charge in [-0.1, -0.05) is 18.2 Å². The van der Waals surface area contributed by atoms with Crippen LogP contribution in [0.2, 0.25) is 0 Å². The Morgan fingerprint density at radius 2 is 2.25 bits per heavy atom. The van der Waals surface area contributed by atoms with Crippen LogP contribution in [0.1, 0.15) is 18.1 Å². The van der Waals surface area contributed by atoms with E-state index in [0.717, 1.165) is 5.56 Å². The summed E-state index contributed by atoms with van der Waals surface area (Å²) in [5, 5.41) is 18.6. The summed E-state index contributed by atoms with van der Waals surface area (Å²) in [6, 6.07) is 6.60. The Labute approximate surface area is 71.8 Å². The molecule has 2 N–H and O–H groups in total. The molecule has 1 aromatic rings. The topological polar surface area (TPSA) is 40.5 Å². The highest BCUT2D eigenvalue weighted by Gasteiger charge is 2.04. The maximum Gasteiger partial charge on any atom is 0.115 e. The Morgan fingerprint density at radius 1 is 1.50 bits per heavy atom. The van der Waals surface area contributed by atoms with Crippen molar-refractivity contribution >= 4 is 0 Å². The minimum atomic E-state index is -0.561. The molecule has 0 saturated heterocycles. The lowest BCUT2D eigenvalue weighted by molar-refractivity contribution is 0.181. The molecule has 0 aliphatic rings. The van der Waals surface area contributed by atoms with Gasteiger partial charge in [0.2, 0.25) is 0 Å². The molecular weight excluding hydrogens is 152 g/mol. The summed E-state index contributed by atoms with van der Waals surface area (Å²) >= 11 is 0. The molecule has 0 aromatic heterocycles. The average Bonchev–Trinajstić information content (AvgIpc) is 2.05. The van der Waals surface area contributed by atoms with Gasteiger partial charge < -0.3 is 10.2 Å². The maximum absolute atomic E-state index is 9.46. The normalized spacial score (nSPS) is 12.4. The van der Waals surface area contributed by atoms with E-state index in [1.807, 2.05) is 0 Å². The third-order valence-electron chi connectivity index (χ3n) is 1.64. The minimum absolute atomic E-state index is 0.176. The molecule has 0 aliphatic heterocycles. The molecular formula is C10H12O2. The third-order valence-corrected chi connectivity index (χ3v) is 1.64. The summed E-state index contributed by atoms with van der Waals surface area (Å²) in [4.78, 5) is 0. The highest BCUT2D eigenvalue weighted by Crippen LogP contribution is 2.20. The summed E-state index contributed by atoms with van der Waals surface area (Å²) in [7, 11) is 0. The molecule has 1 aromatic carbocycles. The van der Waals surface area contributed by atoms with Crippen molar-refractivity contribution in [1.82, 2.24) is 0 Å². The average molecular weight is 164 g/mol. The van der Waals surface area contributed by atoms with Gasteiger partial charge in [0.05, 0.1) is 6.10 Å². The summed E-state index contributed by atoms with van der Waals surface area (Å²) in [6.45, 7) is 3.53. The van der Waals surface area contributed by atoms with Crippen LogP contribution in [0.3, 0.4) is 0 Å². The van der Waals surface area contributed by atoms with Gasteiger partial charge in [0.15, 0.2) is 0 Å². The van der Waals surface area contributed by atoms with Crippen molar-refractivity contribution in [3.05, 3.63) is 42.5 Å². The Balaban J connectivity index is 2.80. The summed E-state index contributed by atoms with van der Waals surface area (Å²) in [5.41, 5.74) is 0.718. The van der Waals surface area contributed by atoms with E-state index >= 15 is 0 Å². The second kappa shape index (κ2) is 3.93. The van der Waals surface area contributed by atoms with Crippen molar-refractivity contribution in [1.29, 1.82) is 0 Å². The molecule has 0 amide bonds. The van der Waals surface area contributed by atoms with Crippen LogP contribution in [0.25, 0.3) is 0 Å². The van der Waals surface area contributed by atoms with E-state index in [0.29, 0.717) is 6.42 Å². The molecule has 0 unspecified atom stereocenters. The number of aromatic hydroxyl groups is 1. The number of phenols is 1. The van der Waals surface area contributed by atoms with E-state index < -0.39 is 6.10 Å². The molecule has 0 spiro atoms. The van der Waals surface area contributed by atoms with Crippen molar-refractivity contribution in [3.8, 4) is 5.75 Å². The van der Waals surface area contributed by atoms with Crippen LogP contribution in [0.4, 0.5) is 0 Å². The second-order valence-electron chi connectivity index (χ2n) is 2.64. The van der Waals surface area contributed by atoms with Gasteiger partial charge in [-0.15, -0.1) is 6.58 Å². The fourth-order valence-electron chi connectivity index (χ4n) is 1.03. The van der Waals surface area contributed by atoms with E-state index in [1.54, 1.807) is 30.3 Å². The predicted molar refractivity (Wildman–Crippen MR) is 47.9 cm³/mol. The minimum Gasteiger partial charge on any atom is -0.508 e. The zero-order valence-corrected chi connectivity index (χ0v) is 6.77. The molecule has 0 saturated carbocycles. The molecule has 0 bridgehead atoms. The standard InChI is InChI=1S/C10H12O2/c1-2-4-10(12)8-5-3-6-9(11)7-8/h2-3,5-7,10-12H,1,4H2/t10-/m0/s1. The zero-order valence-electron chi connectivity index (χ0n) is 6.77. The Morgan fingerprint density at radius 3 is 2.83 bits per heavy atom. The van der Waals surface area contributed by atoms with Crippen molar-refractivity contribution in [2.75, 3.05) is 0 Å². The van der Waals surface area contributed by atoms with Gasteiger partial charge in [-0.3, -0.25) is 0 Å². The van der Waals surface area contributed by atoms with Gasteiger partial charge in [0, 0.05) is 0 Å². The number of phenolic OH excluding ortho intramolecular Hbond substituents is 1. The molecule has 0 heterocycles. The molecule has 64 valence electrons. The number of aliphatic hydroxyl groups is 1. The first kappa shape index (κ1) is 8.81. The van der Waals surface area contributed by atoms with Crippen LogP contribution in [-0.4, -0.2) is 10.2 Å². The smallest absolute Gasteiger partial charge is 0.115 e. The van der Waals surface area contributed by atoms with E-state index in [1.165, 1.54) is 0 Å². The van der Waals surface area contributed by atoms with Crippen LogP contribution in [-0.2, 0) is 0 Å². The molecule has 0 fully saturated rings. The fourth-order valence-corrected chi connectivity index (χ4v) is 1.03. The van der Waals surface area contributed by atoms with Gasteiger partial charge in [-0.05, 0) is 24.1 Å². The van der Waals surface area contributed by atoms with E-state index in [9.17, 15) is 5.11 Å². The Bertz CT molecular complexity index is 268. The van der Waals surface area contributed by atoms with Crippen molar-refractivity contribution < 1.29 is 10.2 Å². The van der Waals surface area contributed by atoms with Gasteiger partial charge in [0.1, 0.15) is 5.75 Å². The first-order chi connectivity index (χ1) is 5.74. The highest BCUT2D eigenvalue weighted by atomic mass is 16.3. The van der Waals surface area contributed by atoms with Crippen LogP contribution in [0, 0.1) is 0 Å². The van der Waals surface area contributed by atoms with Gasteiger partial charge >= 0.3 is 0 Å². The van der Waals surface area contributed by atoms with E-state index in [4.69, 9.17) is 5.11 Å². The lowest BCUT2D eigenvalue weighted by Crippen LogP contribution is -1.94. The number of hydrogen-bond acceptors (Lipinski definition) is 2. The summed E-state index contributed by atoms with van der Waals surface area (Å²) < 4.78 is 0. The largest absolute Gasteiger partial charge is 0.508 e. The molecule has 0 aliphatic carbocycles. The van der Waals surface area contributed by atoms with E-state index in [2.05, 4.69) is 6.58 Å². The first-order valence-corrected chi connectivity index (χ1v) is 3.82. The Hall–Kier alpha value is -1.28. The SMILES string of the molecule is C=CC[C@H](O)c1cccc(O)c1. The quantitative estimate of drug-likeness (QED) is 0.671. The first-order valence-electron chi connectivity index (χ1n) is 3.82. The van der Waals surface area contributed by atoms with Crippen molar-refractivity contribution in [3.63, 3.8) is 0 Å². The van der Waals surface area contributed by atoms with Crippen molar-refractivity contribution in [2.45, 2.75) is 12.5 Å². The third kappa shape index (κ3) is 2.10. The molecule has 2 nitrogen and oxygen atoms in total. The van der Waals surface area contributed by atoms with Crippen LogP contribution >= 0.6 is 0 Å². The molecule has 2 heteroatoms. The number of rotatable bonds is 3. The van der Waals surface area contributed by atoms with Crippen LogP contribution in [0.5, 0.6) is 5.75 Å². The van der Waals surface area contributed by atoms with Gasteiger partial charge in [0.25, 0.3) is 0 Å². The summed E-state index contributed by atoms with van der Waals surface area (Å²) in [5.74, 6) is 0.176. The van der Waals surface area contributed by atoms with Crippen LogP contribution < -0.4 is 0 Å². The number of hydrogen-bond donors (Lipinski definition) is 2.